The van der Waals surface area contributed by atoms with Crippen molar-refractivity contribution in [1.29, 1.82) is 0 Å². The Morgan fingerprint density at radius 2 is 1.75 bits per heavy atom. The summed E-state index contributed by atoms with van der Waals surface area (Å²) >= 11 is 0. The van der Waals surface area contributed by atoms with Gasteiger partial charge in [-0.05, 0) is 19.3 Å². The van der Waals surface area contributed by atoms with Crippen LogP contribution in [0.3, 0.4) is 0 Å². The van der Waals surface area contributed by atoms with Crippen LogP contribution in [0.4, 0.5) is 0 Å². The van der Waals surface area contributed by atoms with Gasteiger partial charge in [-0.25, -0.2) is 0 Å². The molecular weight excluding hydrogens is 150 g/mol. The lowest BCUT2D eigenvalue weighted by Crippen LogP contribution is -2.24. The molecule has 0 spiro atoms. The summed E-state index contributed by atoms with van der Waals surface area (Å²) in [5.74, 6) is 0.975. The Labute approximate surface area is 75.2 Å². The van der Waals surface area contributed by atoms with Gasteiger partial charge in [-0.3, -0.25) is 4.99 Å². The summed E-state index contributed by atoms with van der Waals surface area (Å²) in [7, 11) is 0. The molecule has 1 unspecified atom stereocenters. The van der Waals surface area contributed by atoms with E-state index in [0.717, 1.165) is 12.3 Å². The van der Waals surface area contributed by atoms with Crippen molar-refractivity contribution in [3.63, 3.8) is 0 Å². The first-order valence-electron chi connectivity index (χ1n) is 4.61. The fourth-order valence-electron chi connectivity index (χ4n) is 1.14. The fraction of sp³-hybridized carbons (Fsp3) is 0.889. The summed E-state index contributed by atoms with van der Waals surface area (Å²) in [6.45, 7) is 6.50. The first-order valence-corrected chi connectivity index (χ1v) is 4.61. The van der Waals surface area contributed by atoms with E-state index in [1.807, 2.05) is 6.92 Å². The quantitative estimate of drug-likeness (QED) is 0.486. The summed E-state index contributed by atoms with van der Waals surface area (Å²) in [6, 6.07) is 0.272. The van der Waals surface area contributed by atoms with E-state index in [2.05, 4.69) is 18.8 Å². The molecule has 0 aliphatic carbocycles. The summed E-state index contributed by atoms with van der Waals surface area (Å²) in [5, 5.41) is 0. The molecule has 0 radical (unpaired) electrons. The maximum absolute atomic E-state index is 5.25. The SMILES string of the molecule is CC(C)CCCC(C)N=C(N)N. The largest absolute Gasteiger partial charge is 0.370 e. The molecule has 12 heavy (non-hydrogen) atoms. The molecular formula is C9H21N3. The van der Waals surface area contributed by atoms with Gasteiger partial charge in [0.05, 0.1) is 6.04 Å². The molecule has 0 fully saturated rings. The third-order valence-electron chi connectivity index (χ3n) is 1.77. The third kappa shape index (κ3) is 7.38. The minimum absolute atomic E-state index is 0.201. The summed E-state index contributed by atoms with van der Waals surface area (Å²) in [5.41, 5.74) is 10.5. The predicted octanol–water partition coefficient (Wildman–Crippen LogP) is 1.47. The molecule has 0 amide bonds. The topological polar surface area (TPSA) is 64.4 Å². The first kappa shape index (κ1) is 11.3. The van der Waals surface area contributed by atoms with Crippen molar-refractivity contribution >= 4 is 5.96 Å². The van der Waals surface area contributed by atoms with Crippen LogP contribution < -0.4 is 11.5 Å². The van der Waals surface area contributed by atoms with Crippen molar-refractivity contribution in [2.75, 3.05) is 0 Å². The predicted molar refractivity (Wildman–Crippen MR) is 54.0 cm³/mol. The molecule has 1 atom stereocenters. The molecule has 0 aliphatic heterocycles. The van der Waals surface area contributed by atoms with Crippen LogP contribution in [0.15, 0.2) is 4.99 Å². The Kier molecular flexibility index (Phi) is 5.51. The van der Waals surface area contributed by atoms with Crippen LogP contribution in [0.5, 0.6) is 0 Å². The highest BCUT2D eigenvalue weighted by Crippen LogP contribution is 2.09. The van der Waals surface area contributed by atoms with Crippen LogP contribution in [0.2, 0.25) is 0 Å². The summed E-state index contributed by atoms with van der Waals surface area (Å²) < 4.78 is 0. The number of guanidine groups is 1. The second-order valence-corrected chi connectivity index (χ2v) is 3.73. The van der Waals surface area contributed by atoms with Gasteiger partial charge < -0.3 is 11.5 Å². The summed E-state index contributed by atoms with van der Waals surface area (Å²) in [4.78, 5) is 4.05. The minimum atomic E-state index is 0.201. The van der Waals surface area contributed by atoms with Crippen LogP contribution in [0, 0.1) is 5.92 Å². The molecule has 0 aromatic rings. The van der Waals surface area contributed by atoms with Gasteiger partial charge in [0.25, 0.3) is 0 Å². The molecule has 3 heteroatoms. The smallest absolute Gasteiger partial charge is 0.186 e. The number of aliphatic imine (C=N–C) groups is 1. The van der Waals surface area contributed by atoms with Gasteiger partial charge in [0.15, 0.2) is 5.96 Å². The van der Waals surface area contributed by atoms with Gasteiger partial charge >= 0.3 is 0 Å². The maximum Gasteiger partial charge on any atom is 0.186 e. The molecule has 0 saturated carbocycles. The van der Waals surface area contributed by atoms with E-state index in [1.165, 1.54) is 12.8 Å². The van der Waals surface area contributed by atoms with Crippen LogP contribution in [0.25, 0.3) is 0 Å². The number of rotatable bonds is 5. The highest BCUT2D eigenvalue weighted by molar-refractivity contribution is 5.75. The highest BCUT2D eigenvalue weighted by atomic mass is 15.0. The molecule has 0 bridgehead atoms. The Morgan fingerprint density at radius 3 is 2.17 bits per heavy atom. The van der Waals surface area contributed by atoms with Crippen LogP contribution >= 0.6 is 0 Å². The van der Waals surface area contributed by atoms with Gasteiger partial charge in [-0.2, -0.15) is 0 Å². The van der Waals surface area contributed by atoms with E-state index in [9.17, 15) is 0 Å². The number of hydrogen-bond donors (Lipinski definition) is 2. The zero-order valence-electron chi connectivity index (χ0n) is 8.38. The number of hydrogen-bond acceptors (Lipinski definition) is 1. The first-order chi connectivity index (χ1) is 5.52. The lowest BCUT2D eigenvalue weighted by atomic mass is 10.0. The van der Waals surface area contributed by atoms with Crippen molar-refractivity contribution in [3.8, 4) is 0 Å². The molecule has 0 aliphatic rings. The lowest BCUT2D eigenvalue weighted by Gasteiger charge is -2.07. The zero-order valence-corrected chi connectivity index (χ0v) is 8.38. The Bertz CT molecular complexity index is 137. The van der Waals surface area contributed by atoms with Crippen molar-refractivity contribution in [3.05, 3.63) is 0 Å². The molecule has 0 aromatic heterocycles. The zero-order chi connectivity index (χ0) is 9.56. The summed E-state index contributed by atoms with van der Waals surface area (Å²) in [6.07, 6.45) is 3.54. The highest BCUT2D eigenvalue weighted by Gasteiger charge is 2.00. The normalized spacial score (nSPS) is 13.0. The van der Waals surface area contributed by atoms with Crippen molar-refractivity contribution in [2.45, 2.75) is 46.1 Å². The van der Waals surface area contributed by atoms with E-state index in [4.69, 9.17) is 11.5 Å². The Balaban J connectivity index is 3.44. The van der Waals surface area contributed by atoms with E-state index < -0.39 is 0 Å². The minimum Gasteiger partial charge on any atom is -0.370 e. The van der Waals surface area contributed by atoms with Crippen molar-refractivity contribution in [1.82, 2.24) is 0 Å². The van der Waals surface area contributed by atoms with Crippen molar-refractivity contribution < 1.29 is 0 Å². The number of nitrogens with zero attached hydrogens (tertiary/aromatic N) is 1. The Morgan fingerprint density at radius 1 is 1.17 bits per heavy atom. The lowest BCUT2D eigenvalue weighted by molar-refractivity contribution is 0.511. The molecule has 0 heterocycles. The monoisotopic (exact) mass is 171 g/mol. The average Bonchev–Trinajstić information content (AvgIpc) is 1.84. The molecule has 3 nitrogen and oxygen atoms in total. The molecule has 0 aromatic carbocycles. The van der Waals surface area contributed by atoms with E-state index in [-0.39, 0.29) is 12.0 Å². The van der Waals surface area contributed by atoms with E-state index in [0.29, 0.717) is 0 Å². The Hall–Kier alpha value is -0.730. The average molecular weight is 171 g/mol. The molecule has 4 N–H and O–H groups in total. The van der Waals surface area contributed by atoms with Crippen LogP contribution in [-0.2, 0) is 0 Å². The van der Waals surface area contributed by atoms with Gasteiger partial charge in [-0.1, -0.05) is 26.7 Å². The van der Waals surface area contributed by atoms with Gasteiger partial charge in [0, 0.05) is 0 Å². The third-order valence-corrected chi connectivity index (χ3v) is 1.77. The van der Waals surface area contributed by atoms with Gasteiger partial charge in [0.2, 0.25) is 0 Å². The van der Waals surface area contributed by atoms with E-state index in [1.54, 1.807) is 0 Å². The van der Waals surface area contributed by atoms with E-state index >= 15 is 0 Å². The second kappa shape index (κ2) is 5.86. The van der Waals surface area contributed by atoms with Gasteiger partial charge in [-0.15, -0.1) is 0 Å². The maximum atomic E-state index is 5.25. The van der Waals surface area contributed by atoms with Crippen LogP contribution in [0.1, 0.15) is 40.0 Å². The van der Waals surface area contributed by atoms with Crippen molar-refractivity contribution in [2.24, 2.45) is 22.4 Å². The fourth-order valence-corrected chi connectivity index (χ4v) is 1.14. The number of nitrogens with two attached hydrogens (primary N) is 2. The second-order valence-electron chi connectivity index (χ2n) is 3.73. The van der Waals surface area contributed by atoms with Gasteiger partial charge in [0.1, 0.15) is 0 Å². The molecule has 0 rings (SSSR count). The van der Waals surface area contributed by atoms with Crippen LogP contribution in [-0.4, -0.2) is 12.0 Å². The standard InChI is InChI=1S/C9H21N3/c1-7(2)5-4-6-8(3)12-9(10)11/h7-8H,4-6H2,1-3H3,(H4,10,11,12). The molecule has 0 saturated heterocycles. The molecule has 72 valence electrons.